The van der Waals surface area contributed by atoms with Crippen LogP contribution in [0.4, 0.5) is 0 Å². The molecule has 106 valence electrons. The zero-order chi connectivity index (χ0) is 14.8. The lowest BCUT2D eigenvalue weighted by molar-refractivity contribution is -0.592. The van der Waals surface area contributed by atoms with Crippen LogP contribution in [-0.4, -0.2) is 12.6 Å². The summed E-state index contributed by atoms with van der Waals surface area (Å²) in [7, 11) is 0. The molecular weight excluding hydrogens is 270 g/mol. The lowest BCUT2D eigenvalue weighted by Gasteiger charge is -2.06. The first-order valence-corrected chi connectivity index (χ1v) is 6.57. The van der Waals surface area contributed by atoms with Crippen molar-refractivity contribution in [3.8, 4) is 11.3 Å². The van der Waals surface area contributed by atoms with Crippen LogP contribution in [-0.2, 0) is 4.74 Å². The van der Waals surface area contributed by atoms with E-state index in [-0.39, 0.29) is 5.97 Å². The van der Waals surface area contributed by atoms with Gasteiger partial charge in [0.05, 0.1) is 23.8 Å². The Bertz CT molecular complexity index is 790. The molecule has 0 aliphatic heterocycles. The van der Waals surface area contributed by atoms with Gasteiger partial charge in [0.25, 0.3) is 0 Å². The first-order chi connectivity index (χ1) is 10.2. The summed E-state index contributed by atoms with van der Waals surface area (Å²) in [6.45, 7) is 2.09. The van der Waals surface area contributed by atoms with Gasteiger partial charge in [0, 0.05) is 11.6 Å². The van der Waals surface area contributed by atoms with Gasteiger partial charge in [-0.2, -0.15) is 4.73 Å². The Balaban J connectivity index is 2.05. The zero-order valence-corrected chi connectivity index (χ0v) is 11.4. The maximum Gasteiger partial charge on any atom is 0.338 e. The highest BCUT2D eigenvalue weighted by Gasteiger charge is 2.16. The van der Waals surface area contributed by atoms with Crippen LogP contribution in [0.1, 0.15) is 17.3 Å². The Kier molecular flexibility index (Phi) is 3.31. The quantitative estimate of drug-likeness (QED) is 0.421. The van der Waals surface area contributed by atoms with Crippen molar-refractivity contribution in [3.05, 3.63) is 59.6 Å². The Labute approximate surface area is 121 Å². The maximum atomic E-state index is 12.0. The number of furan rings is 1. The first kappa shape index (κ1) is 13.2. The van der Waals surface area contributed by atoms with E-state index in [4.69, 9.17) is 9.15 Å². The minimum absolute atomic E-state index is 0.329. The van der Waals surface area contributed by atoms with Gasteiger partial charge in [-0.25, -0.2) is 4.79 Å². The predicted molar refractivity (Wildman–Crippen MR) is 76.6 cm³/mol. The fraction of sp³-hybridized carbons (Fsp3) is 0.125. The molecule has 0 fully saturated rings. The molecule has 0 atom stereocenters. The van der Waals surface area contributed by atoms with Gasteiger partial charge >= 0.3 is 5.97 Å². The van der Waals surface area contributed by atoms with Gasteiger partial charge in [0.15, 0.2) is 6.20 Å². The number of rotatable bonds is 3. The third-order valence-corrected chi connectivity index (χ3v) is 3.20. The number of nitrogens with zero attached hydrogens (tertiary/aromatic N) is 1. The van der Waals surface area contributed by atoms with E-state index in [1.54, 1.807) is 49.6 Å². The molecule has 3 rings (SSSR count). The smallest absolute Gasteiger partial charge is 0.338 e. The maximum absolute atomic E-state index is 12.0. The lowest BCUT2D eigenvalue weighted by atomic mass is 10.1. The van der Waals surface area contributed by atoms with E-state index in [2.05, 4.69) is 0 Å². The summed E-state index contributed by atoms with van der Waals surface area (Å²) >= 11 is 0. The molecule has 0 saturated carbocycles. The van der Waals surface area contributed by atoms with Crippen LogP contribution >= 0.6 is 0 Å². The van der Waals surface area contributed by atoms with E-state index >= 15 is 0 Å². The number of fused-ring (bicyclic) bond motifs is 1. The summed E-state index contributed by atoms with van der Waals surface area (Å²) in [5.41, 5.74) is 2.31. The molecular formula is C16H13NO4. The predicted octanol–water partition coefficient (Wildman–Crippen LogP) is 2.91. The Morgan fingerprint density at radius 3 is 2.71 bits per heavy atom. The van der Waals surface area contributed by atoms with Crippen LogP contribution in [0.15, 0.2) is 53.3 Å². The van der Waals surface area contributed by atoms with E-state index in [0.717, 1.165) is 10.1 Å². The number of carbonyl (C=O) groups excluding carboxylic acids is 1. The summed E-state index contributed by atoms with van der Waals surface area (Å²) < 4.78 is 11.0. The molecule has 0 amide bonds. The Morgan fingerprint density at radius 2 is 2.00 bits per heavy atom. The molecule has 0 N–H and O–H groups in total. The summed E-state index contributed by atoms with van der Waals surface area (Å²) in [4.78, 5) is 11.6. The van der Waals surface area contributed by atoms with Crippen LogP contribution in [0.25, 0.3) is 22.2 Å². The van der Waals surface area contributed by atoms with Crippen molar-refractivity contribution in [2.45, 2.75) is 6.92 Å². The molecule has 1 aromatic carbocycles. The first-order valence-electron chi connectivity index (χ1n) is 6.57. The van der Waals surface area contributed by atoms with Gasteiger partial charge in [0.2, 0.25) is 5.69 Å². The minimum atomic E-state index is -0.374. The van der Waals surface area contributed by atoms with Crippen molar-refractivity contribution < 1.29 is 18.7 Å². The van der Waals surface area contributed by atoms with E-state index < -0.39 is 0 Å². The van der Waals surface area contributed by atoms with E-state index in [1.807, 2.05) is 0 Å². The normalized spacial score (nSPS) is 10.7. The van der Waals surface area contributed by atoms with Crippen molar-refractivity contribution in [2.24, 2.45) is 0 Å². The molecule has 0 unspecified atom stereocenters. The molecule has 5 heteroatoms. The highest BCUT2D eigenvalue weighted by Crippen LogP contribution is 2.26. The number of hydrogen-bond acceptors (Lipinski definition) is 4. The van der Waals surface area contributed by atoms with Crippen molar-refractivity contribution in [1.82, 2.24) is 0 Å². The number of pyridine rings is 1. The number of carbonyl (C=O) groups is 1. The second-order valence-corrected chi connectivity index (χ2v) is 4.49. The molecule has 0 aliphatic carbocycles. The largest absolute Gasteiger partial charge is 0.618 e. The summed E-state index contributed by atoms with van der Waals surface area (Å²) in [5, 5.41) is 12.8. The van der Waals surface area contributed by atoms with Crippen molar-refractivity contribution >= 4 is 16.9 Å². The zero-order valence-electron chi connectivity index (χ0n) is 11.4. The number of aromatic nitrogens is 1. The summed E-state index contributed by atoms with van der Waals surface area (Å²) in [6, 6.07) is 10.1. The van der Waals surface area contributed by atoms with Gasteiger partial charge in [-0.05, 0) is 37.3 Å². The second-order valence-electron chi connectivity index (χ2n) is 4.49. The fourth-order valence-electron chi connectivity index (χ4n) is 2.24. The molecule has 21 heavy (non-hydrogen) atoms. The van der Waals surface area contributed by atoms with E-state index in [1.165, 1.54) is 6.20 Å². The SMILES string of the molecule is CCOC(=O)c1ccc(-c2c3ccoc3cc[n+]2[O-])cc1. The monoisotopic (exact) mass is 283 g/mol. The number of ether oxygens (including phenoxy) is 1. The van der Waals surface area contributed by atoms with Crippen LogP contribution in [0, 0.1) is 5.21 Å². The number of benzene rings is 1. The summed E-state index contributed by atoms with van der Waals surface area (Å²) in [6.07, 6.45) is 2.95. The highest BCUT2D eigenvalue weighted by atomic mass is 16.5. The van der Waals surface area contributed by atoms with Crippen LogP contribution < -0.4 is 4.73 Å². The molecule has 0 radical (unpaired) electrons. The third kappa shape index (κ3) is 2.33. The standard InChI is InChI=1S/C16H13NO4/c1-2-20-16(18)12-5-3-11(4-6-12)15-13-8-10-21-14(13)7-9-17(15)19/h3-10H,2H2,1H3. The minimum Gasteiger partial charge on any atom is -0.618 e. The van der Waals surface area contributed by atoms with Crippen LogP contribution in [0.3, 0.4) is 0 Å². The van der Waals surface area contributed by atoms with Gasteiger partial charge in [-0.3, -0.25) is 0 Å². The van der Waals surface area contributed by atoms with Gasteiger partial charge in [-0.1, -0.05) is 0 Å². The lowest BCUT2D eigenvalue weighted by Crippen LogP contribution is -2.28. The van der Waals surface area contributed by atoms with Gasteiger partial charge in [0.1, 0.15) is 5.58 Å². The molecule has 0 spiro atoms. The van der Waals surface area contributed by atoms with Crippen LogP contribution in [0.2, 0.25) is 0 Å². The fourth-order valence-corrected chi connectivity index (χ4v) is 2.24. The summed E-state index contributed by atoms with van der Waals surface area (Å²) in [5.74, 6) is -0.374. The molecule has 0 bridgehead atoms. The Morgan fingerprint density at radius 1 is 1.24 bits per heavy atom. The molecule has 3 aromatic rings. The third-order valence-electron chi connectivity index (χ3n) is 3.20. The molecule has 0 saturated heterocycles. The average molecular weight is 283 g/mol. The average Bonchev–Trinajstić information content (AvgIpc) is 2.96. The highest BCUT2D eigenvalue weighted by molar-refractivity contribution is 5.92. The van der Waals surface area contributed by atoms with E-state index in [0.29, 0.717) is 29.0 Å². The molecule has 0 aliphatic rings. The van der Waals surface area contributed by atoms with E-state index in [9.17, 15) is 10.0 Å². The van der Waals surface area contributed by atoms with Crippen LogP contribution in [0.5, 0.6) is 0 Å². The topological polar surface area (TPSA) is 66.4 Å². The van der Waals surface area contributed by atoms with Gasteiger partial charge in [-0.15, -0.1) is 0 Å². The molecule has 2 aromatic heterocycles. The molecule has 2 heterocycles. The van der Waals surface area contributed by atoms with Crippen molar-refractivity contribution in [3.63, 3.8) is 0 Å². The van der Waals surface area contributed by atoms with Gasteiger partial charge < -0.3 is 14.4 Å². The number of hydrogen-bond donors (Lipinski definition) is 0. The Hall–Kier alpha value is -2.82. The second kappa shape index (κ2) is 5.28. The molecule has 5 nitrogen and oxygen atoms in total. The number of esters is 1. The van der Waals surface area contributed by atoms with Crippen molar-refractivity contribution in [2.75, 3.05) is 6.61 Å². The van der Waals surface area contributed by atoms with Crippen molar-refractivity contribution in [1.29, 1.82) is 0 Å².